The zero-order valence-corrected chi connectivity index (χ0v) is 14.3. The Morgan fingerprint density at radius 2 is 1.90 bits per heavy atom. The van der Waals surface area contributed by atoms with Crippen molar-refractivity contribution in [2.75, 3.05) is 19.6 Å². The monoisotopic (exact) mass is 332 g/mol. The number of piperidine rings is 1. The molecule has 6 heteroatoms. The average molecular weight is 333 g/mol. The van der Waals surface area contributed by atoms with Gasteiger partial charge < -0.3 is 5.73 Å². The lowest BCUT2D eigenvalue weighted by atomic mass is 9.99. The number of nitrogens with two attached hydrogens (primary N) is 1. The summed E-state index contributed by atoms with van der Waals surface area (Å²) in [5.74, 6) is 0.788. The molecule has 0 spiro atoms. The second kappa shape index (κ2) is 7.58. The van der Waals surface area contributed by atoms with Gasteiger partial charge >= 0.3 is 0 Å². The SMILES string of the molecule is CC(C)c1cccc(S(=O)(=O)N2CCC(CN)CC2)c1.Cl. The van der Waals surface area contributed by atoms with Gasteiger partial charge in [0.25, 0.3) is 0 Å². The summed E-state index contributed by atoms with van der Waals surface area (Å²) in [4.78, 5) is 0.412. The van der Waals surface area contributed by atoms with E-state index in [0.29, 0.717) is 36.4 Å². The number of sulfonamides is 1. The Morgan fingerprint density at radius 1 is 1.29 bits per heavy atom. The molecule has 0 radical (unpaired) electrons. The summed E-state index contributed by atoms with van der Waals surface area (Å²) in [6, 6.07) is 7.30. The number of hydrogen-bond donors (Lipinski definition) is 1. The van der Waals surface area contributed by atoms with E-state index >= 15 is 0 Å². The predicted molar refractivity (Wildman–Crippen MR) is 88.3 cm³/mol. The van der Waals surface area contributed by atoms with Gasteiger partial charge in [-0.15, -0.1) is 12.4 Å². The number of halogens is 1. The van der Waals surface area contributed by atoms with Gasteiger partial charge in [0.05, 0.1) is 4.90 Å². The second-order valence-corrected chi connectivity index (χ2v) is 7.75. The fourth-order valence-corrected chi connectivity index (χ4v) is 4.09. The van der Waals surface area contributed by atoms with Crippen LogP contribution in [0.5, 0.6) is 0 Å². The minimum atomic E-state index is -3.36. The molecule has 2 rings (SSSR count). The van der Waals surface area contributed by atoms with Crippen LogP contribution in [-0.2, 0) is 10.0 Å². The molecule has 1 aromatic carbocycles. The van der Waals surface area contributed by atoms with Gasteiger partial charge in [-0.3, -0.25) is 0 Å². The molecule has 1 aliphatic rings. The molecular weight excluding hydrogens is 308 g/mol. The van der Waals surface area contributed by atoms with Crippen molar-refractivity contribution in [3.63, 3.8) is 0 Å². The van der Waals surface area contributed by atoms with E-state index in [1.54, 1.807) is 16.4 Å². The van der Waals surface area contributed by atoms with Crippen LogP contribution < -0.4 is 5.73 Å². The van der Waals surface area contributed by atoms with E-state index in [2.05, 4.69) is 13.8 Å². The Kier molecular flexibility index (Phi) is 6.66. The summed E-state index contributed by atoms with van der Waals surface area (Å²) in [6.45, 7) is 5.94. The Labute approximate surface area is 134 Å². The average Bonchev–Trinajstić information content (AvgIpc) is 2.47. The molecule has 1 saturated heterocycles. The van der Waals surface area contributed by atoms with Gasteiger partial charge in [0, 0.05) is 13.1 Å². The van der Waals surface area contributed by atoms with Crippen molar-refractivity contribution in [3.05, 3.63) is 29.8 Å². The molecule has 0 saturated carbocycles. The van der Waals surface area contributed by atoms with E-state index in [-0.39, 0.29) is 12.4 Å². The molecular formula is C15H25ClN2O2S. The molecule has 120 valence electrons. The standard InChI is InChI=1S/C15H24N2O2S.ClH/c1-12(2)14-4-3-5-15(10-14)20(18,19)17-8-6-13(11-16)7-9-17;/h3-5,10,12-13H,6-9,11,16H2,1-2H3;1H. The first-order valence-electron chi connectivity index (χ1n) is 7.25. The molecule has 21 heavy (non-hydrogen) atoms. The maximum absolute atomic E-state index is 12.7. The molecule has 0 unspecified atom stereocenters. The number of rotatable bonds is 4. The van der Waals surface area contributed by atoms with Crippen LogP contribution in [0.25, 0.3) is 0 Å². The summed E-state index contributed by atoms with van der Waals surface area (Å²) in [7, 11) is -3.36. The fourth-order valence-electron chi connectivity index (χ4n) is 2.57. The summed E-state index contributed by atoms with van der Waals surface area (Å²) in [5.41, 5.74) is 6.71. The van der Waals surface area contributed by atoms with Crippen molar-refractivity contribution < 1.29 is 8.42 Å². The number of nitrogens with zero attached hydrogens (tertiary/aromatic N) is 1. The highest BCUT2D eigenvalue weighted by Crippen LogP contribution is 2.25. The number of hydrogen-bond acceptors (Lipinski definition) is 3. The van der Waals surface area contributed by atoms with Crippen molar-refractivity contribution >= 4 is 22.4 Å². The van der Waals surface area contributed by atoms with Crippen LogP contribution >= 0.6 is 12.4 Å². The van der Waals surface area contributed by atoms with Gasteiger partial charge in [-0.2, -0.15) is 4.31 Å². The molecule has 0 aliphatic carbocycles. The lowest BCUT2D eigenvalue weighted by Gasteiger charge is -2.30. The smallest absolute Gasteiger partial charge is 0.243 e. The van der Waals surface area contributed by atoms with Gasteiger partial charge in [0.2, 0.25) is 10.0 Å². The first-order valence-corrected chi connectivity index (χ1v) is 8.69. The highest BCUT2D eigenvalue weighted by Gasteiger charge is 2.29. The Hall–Kier alpha value is -0.620. The topological polar surface area (TPSA) is 63.4 Å². The number of benzene rings is 1. The van der Waals surface area contributed by atoms with E-state index in [1.807, 2.05) is 12.1 Å². The molecule has 1 fully saturated rings. The van der Waals surface area contributed by atoms with Crippen LogP contribution in [0.15, 0.2) is 29.2 Å². The third-order valence-corrected chi connectivity index (χ3v) is 5.96. The Morgan fingerprint density at radius 3 is 2.43 bits per heavy atom. The zero-order valence-electron chi connectivity index (χ0n) is 12.7. The normalized spacial score (nSPS) is 17.7. The van der Waals surface area contributed by atoms with Crippen LogP contribution in [0.4, 0.5) is 0 Å². The van der Waals surface area contributed by atoms with Crippen LogP contribution in [0, 0.1) is 5.92 Å². The van der Waals surface area contributed by atoms with E-state index < -0.39 is 10.0 Å². The van der Waals surface area contributed by atoms with E-state index in [1.165, 1.54) is 0 Å². The molecule has 0 atom stereocenters. The van der Waals surface area contributed by atoms with Crippen LogP contribution in [0.2, 0.25) is 0 Å². The highest BCUT2D eigenvalue weighted by molar-refractivity contribution is 7.89. The van der Waals surface area contributed by atoms with Crippen molar-refractivity contribution in [2.24, 2.45) is 11.7 Å². The van der Waals surface area contributed by atoms with Gasteiger partial charge in [-0.05, 0) is 48.9 Å². The minimum Gasteiger partial charge on any atom is -0.330 e. The Balaban J connectivity index is 0.00000220. The predicted octanol–water partition coefficient (Wildman–Crippen LogP) is 2.59. The molecule has 2 N–H and O–H groups in total. The van der Waals surface area contributed by atoms with Crippen molar-refractivity contribution in [1.29, 1.82) is 0 Å². The lowest BCUT2D eigenvalue weighted by Crippen LogP contribution is -2.40. The van der Waals surface area contributed by atoms with E-state index in [4.69, 9.17) is 5.73 Å². The van der Waals surface area contributed by atoms with Crippen molar-refractivity contribution in [1.82, 2.24) is 4.31 Å². The maximum atomic E-state index is 12.7. The van der Waals surface area contributed by atoms with Gasteiger partial charge in [0.1, 0.15) is 0 Å². The van der Waals surface area contributed by atoms with Gasteiger partial charge in [-0.1, -0.05) is 26.0 Å². The van der Waals surface area contributed by atoms with Crippen molar-refractivity contribution in [3.8, 4) is 0 Å². The molecule has 1 aliphatic heterocycles. The van der Waals surface area contributed by atoms with Gasteiger partial charge in [-0.25, -0.2) is 8.42 Å². The summed E-state index contributed by atoms with van der Waals surface area (Å²) >= 11 is 0. The maximum Gasteiger partial charge on any atom is 0.243 e. The van der Waals surface area contributed by atoms with E-state index in [9.17, 15) is 8.42 Å². The first-order chi connectivity index (χ1) is 9.45. The summed E-state index contributed by atoms with van der Waals surface area (Å²) < 4.78 is 26.9. The molecule has 0 amide bonds. The van der Waals surface area contributed by atoms with Gasteiger partial charge in [0.15, 0.2) is 0 Å². The quantitative estimate of drug-likeness (QED) is 0.921. The fraction of sp³-hybridized carbons (Fsp3) is 0.600. The van der Waals surface area contributed by atoms with E-state index in [0.717, 1.165) is 18.4 Å². The third kappa shape index (κ3) is 4.19. The Bertz CT molecular complexity index is 553. The minimum absolute atomic E-state index is 0. The molecule has 1 heterocycles. The van der Waals surface area contributed by atoms with Crippen molar-refractivity contribution in [2.45, 2.75) is 37.5 Å². The third-order valence-electron chi connectivity index (χ3n) is 4.07. The molecule has 0 bridgehead atoms. The van der Waals surface area contributed by atoms with Crippen LogP contribution in [0.1, 0.15) is 38.2 Å². The summed E-state index contributed by atoms with van der Waals surface area (Å²) in [5, 5.41) is 0. The second-order valence-electron chi connectivity index (χ2n) is 5.81. The molecule has 1 aromatic rings. The largest absolute Gasteiger partial charge is 0.330 e. The van der Waals surface area contributed by atoms with Crippen LogP contribution in [-0.4, -0.2) is 32.4 Å². The highest BCUT2D eigenvalue weighted by atomic mass is 35.5. The molecule has 0 aromatic heterocycles. The lowest BCUT2D eigenvalue weighted by molar-refractivity contribution is 0.278. The summed E-state index contributed by atoms with van der Waals surface area (Å²) in [6.07, 6.45) is 1.72. The van der Waals surface area contributed by atoms with Crippen LogP contribution in [0.3, 0.4) is 0 Å². The molecule has 4 nitrogen and oxygen atoms in total. The first kappa shape index (κ1) is 18.4. The zero-order chi connectivity index (χ0) is 14.8.